The van der Waals surface area contributed by atoms with E-state index in [0.717, 1.165) is 4.31 Å². The molecule has 7 heteroatoms. The van der Waals surface area contributed by atoms with Gasteiger partial charge in [0.1, 0.15) is 6.04 Å². The molecule has 0 fully saturated rings. The van der Waals surface area contributed by atoms with Crippen LogP contribution in [0.4, 0.5) is 0 Å². The maximum Gasteiger partial charge on any atom is 0.321 e. The molecule has 0 aliphatic rings. The fraction of sp³-hybridized carbons (Fsp3) is 0.889. The lowest BCUT2D eigenvalue weighted by molar-refractivity contribution is -0.139. The molecule has 0 aromatic heterocycles. The Bertz CT molecular complexity index is 315. The molecule has 0 rings (SSSR count). The van der Waals surface area contributed by atoms with Crippen molar-refractivity contribution in [1.29, 1.82) is 0 Å². The quantitative estimate of drug-likeness (QED) is 0.655. The molecule has 2 N–H and O–H groups in total. The highest BCUT2D eigenvalue weighted by atomic mass is 32.2. The van der Waals surface area contributed by atoms with Gasteiger partial charge in [-0.2, -0.15) is 17.4 Å². The van der Waals surface area contributed by atoms with E-state index < -0.39 is 22.2 Å². The molecule has 16 heavy (non-hydrogen) atoms. The monoisotopic (exact) mass is 252 g/mol. The standard InChI is InChI=1S/C9H20N2O4S/c1-4-6-8(9(12)13)10-16(14,15)11(3)7-5-2/h8,10H,4-7H2,1-3H3,(H,12,13). The number of carboxylic acid groups (broad SMARTS) is 1. The highest BCUT2D eigenvalue weighted by molar-refractivity contribution is 7.87. The van der Waals surface area contributed by atoms with E-state index >= 15 is 0 Å². The Labute approximate surface area is 96.8 Å². The van der Waals surface area contributed by atoms with Crippen LogP contribution in [0, 0.1) is 0 Å². The summed E-state index contributed by atoms with van der Waals surface area (Å²) in [5.74, 6) is -1.14. The average molecular weight is 252 g/mol. The van der Waals surface area contributed by atoms with Crippen LogP contribution in [0.25, 0.3) is 0 Å². The number of carbonyl (C=O) groups is 1. The minimum Gasteiger partial charge on any atom is -0.480 e. The zero-order valence-electron chi connectivity index (χ0n) is 9.93. The van der Waals surface area contributed by atoms with E-state index in [1.165, 1.54) is 7.05 Å². The van der Waals surface area contributed by atoms with E-state index in [1.807, 2.05) is 6.92 Å². The molecule has 0 amide bonds. The number of hydrogen-bond acceptors (Lipinski definition) is 3. The minimum absolute atomic E-state index is 0.286. The van der Waals surface area contributed by atoms with Crippen LogP contribution in [0.15, 0.2) is 0 Å². The van der Waals surface area contributed by atoms with Crippen LogP contribution >= 0.6 is 0 Å². The third kappa shape index (κ3) is 4.91. The molecular formula is C9H20N2O4S. The Morgan fingerprint density at radius 2 is 1.94 bits per heavy atom. The van der Waals surface area contributed by atoms with Crippen LogP contribution in [-0.2, 0) is 15.0 Å². The van der Waals surface area contributed by atoms with E-state index in [9.17, 15) is 13.2 Å². The van der Waals surface area contributed by atoms with Gasteiger partial charge in [0.05, 0.1) is 0 Å². The van der Waals surface area contributed by atoms with Crippen molar-refractivity contribution in [2.75, 3.05) is 13.6 Å². The van der Waals surface area contributed by atoms with Crippen LogP contribution in [0.1, 0.15) is 33.1 Å². The predicted molar refractivity (Wildman–Crippen MR) is 61.3 cm³/mol. The van der Waals surface area contributed by atoms with Crippen LogP contribution in [-0.4, -0.2) is 43.4 Å². The van der Waals surface area contributed by atoms with Crippen molar-refractivity contribution in [2.24, 2.45) is 0 Å². The number of nitrogens with one attached hydrogen (secondary N) is 1. The number of nitrogens with zero attached hydrogens (tertiary/aromatic N) is 1. The van der Waals surface area contributed by atoms with E-state index in [-0.39, 0.29) is 6.42 Å². The molecule has 0 aromatic rings. The lowest BCUT2D eigenvalue weighted by atomic mass is 10.2. The van der Waals surface area contributed by atoms with Gasteiger partial charge in [0.25, 0.3) is 10.2 Å². The molecule has 0 saturated heterocycles. The molecule has 0 radical (unpaired) electrons. The van der Waals surface area contributed by atoms with Gasteiger partial charge >= 0.3 is 5.97 Å². The first-order valence-corrected chi connectivity index (χ1v) is 6.75. The zero-order valence-corrected chi connectivity index (χ0v) is 10.7. The van der Waals surface area contributed by atoms with Crippen molar-refractivity contribution in [3.8, 4) is 0 Å². The lowest BCUT2D eigenvalue weighted by Crippen LogP contribution is -2.47. The summed E-state index contributed by atoms with van der Waals surface area (Å²) in [5.41, 5.74) is 0. The first kappa shape index (κ1) is 15.3. The summed E-state index contributed by atoms with van der Waals surface area (Å²) in [5, 5.41) is 8.83. The SMILES string of the molecule is CCCC(NS(=O)(=O)N(C)CCC)C(=O)O. The van der Waals surface area contributed by atoms with Crippen molar-refractivity contribution >= 4 is 16.2 Å². The molecule has 0 aliphatic heterocycles. The molecule has 0 spiro atoms. The Morgan fingerprint density at radius 3 is 2.31 bits per heavy atom. The van der Waals surface area contributed by atoms with Crippen molar-refractivity contribution in [1.82, 2.24) is 9.03 Å². The summed E-state index contributed by atoms with van der Waals surface area (Å²) in [6.45, 7) is 4.03. The van der Waals surface area contributed by atoms with Gasteiger partial charge in [-0.05, 0) is 12.8 Å². The van der Waals surface area contributed by atoms with E-state index in [1.54, 1.807) is 6.92 Å². The molecule has 0 saturated carbocycles. The maximum absolute atomic E-state index is 11.7. The molecule has 0 heterocycles. The number of carboxylic acids is 1. The predicted octanol–water partition coefficient (Wildman–Crippen LogP) is 0.416. The minimum atomic E-state index is -3.69. The first-order chi connectivity index (χ1) is 7.35. The molecule has 0 aromatic carbocycles. The van der Waals surface area contributed by atoms with E-state index in [0.29, 0.717) is 19.4 Å². The maximum atomic E-state index is 11.7. The van der Waals surface area contributed by atoms with Gasteiger partial charge in [0.2, 0.25) is 0 Å². The Morgan fingerprint density at radius 1 is 1.38 bits per heavy atom. The largest absolute Gasteiger partial charge is 0.480 e. The van der Waals surface area contributed by atoms with Gasteiger partial charge in [-0.1, -0.05) is 20.3 Å². The van der Waals surface area contributed by atoms with Gasteiger partial charge in [-0.3, -0.25) is 4.79 Å². The fourth-order valence-electron chi connectivity index (χ4n) is 1.23. The molecule has 96 valence electrons. The summed E-state index contributed by atoms with van der Waals surface area (Å²) in [6.07, 6.45) is 1.58. The summed E-state index contributed by atoms with van der Waals surface area (Å²) in [7, 11) is -2.26. The van der Waals surface area contributed by atoms with Crippen LogP contribution < -0.4 is 4.72 Å². The third-order valence-electron chi connectivity index (χ3n) is 2.12. The van der Waals surface area contributed by atoms with Gasteiger partial charge in [-0.15, -0.1) is 0 Å². The van der Waals surface area contributed by atoms with Gasteiger partial charge in [-0.25, -0.2) is 0 Å². The lowest BCUT2D eigenvalue weighted by Gasteiger charge is -2.20. The molecule has 1 unspecified atom stereocenters. The van der Waals surface area contributed by atoms with Gasteiger partial charge < -0.3 is 5.11 Å². The van der Waals surface area contributed by atoms with Gasteiger partial charge in [0.15, 0.2) is 0 Å². The van der Waals surface area contributed by atoms with Crippen molar-refractivity contribution in [3.63, 3.8) is 0 Å². The van der Waals surface area contributed by atoms with Crippen LogP contribution in [0.3, 0.4) is 0 Å². The highest BCUT2D eigenvalue weighted by Gasteiger charge is 2.25. The zero-order chi connectivity index (χ0) is 12.8. The van der Waals surface area contributed by atoms with Crippen LogP contribution in [0.2, 0.25) is 0 Å². The Hall–Kier alpha value is -0.660. The van der Waals surface area contributed by atoms with Crippen molar-refractivity contribution in [2.45, 2.75) is 39.2 Å². The second kappa shape index (κ2) is 6.82. The van der Waals surface area contributed by atoms with Gasteiger partial charge in [0, 0.05) is 13.6 Å². The first-order valence-electron chi connectivity index (χ1n) is 5.31. The summed E-state index contributed by atoms with van der Waals surface area (Å²) in [4.78, 5) is 10.8. The third-order valence-corrected chi connectivity index (χ3v) is 3.70. The molecule has 6 nitrogen and oxygen atoms in total. The number of rotatable bonds is 8. The second-order valence-electron chi connectivity index (χ2n) is 3.62. The normalized spacial score (nSPS) is 14.0. The van der Waals surface area contributed by atoms with Crippen LogP contribution in [0.5, 0.6) is 0 Å². The Balaban J connectivity index is 4.59. The summed E-state index contributed by atoms with van der Waals surface area (Å²) >= 11 is 0. The summed E-state index contributed by atoms with van der Waals surface area (Å²) < 4.78 is 26.6. The summed E-state index contributed by atoms with van der Waals surface area (Å²) in [6, 6.07) is -1.05. The average Bonchev–Trinajstić information content (AvgIpc) is 2.17. The number of hydrogen-bond donors (Lipinski definition) is 2. The smallest absolute Gasteiger partial charge is 0.321 e. The highest BCUT2D eigenvalue weighted by Crippen LogP contribution is 2.02. The molecule has 0 aliphatic carbocycles. The fourth-order valence-corrected chi connectivity index (χ4v) is 2.41. The Kier molecular flexibility index (Phi) is 6.54. The second-order valence-corrected chi connectivity index (χ2v) is 5.43. The molecular weight excluding hydrogens is 232 g/mol. The van der Waals surface area contributed by atoms with E-state index in [2.05, 4.69) is 4.72 Å². The number of aliphatic carboxylic acids is 1. The molecule has 0 bridgehead atoms. The van der Waals surface area contributed by atoms with Crippen molar-refractivity contribution < 1.29 is 18.3 Å². The van der Waals surface area contributed by atoms with Crippen molar-refractivity contribution in [3.05, 3.63) is 0 Å². The topological polar surface area (TPSA) is 86.7 Å². The van der Waals surface area contributed by atoms with E-state index in [4.69, 9.17) is 5.11 Å². The molecule has 1 atom stereocenters.